The number of rotatable bonds is 9. The third-order valence-electron chi connectivity index (χ3n) is 10.6. The predicted octanol–water partition coefficient (Wildman–Crippen LogP) is 3.19. The number of fused-ring (bicyclic) bond motifs is 2. The number of benzene rings is 4. The van der Waals surface area contributed by atoms with Crippen molar-refractivity contribution in [2.75, 3.05) is 35.8 Å². The molecule has 0 spiro atoms. The number of likely N-dealkylation sites (tertiary alicyclic amines) is 1. The number of hydrogen-bond acceptors (Lipinski definition) is 9. The summed E-state index contributed by atoms with van der Waals surface area (Å²) in [5.41, 5.74) is 2.71. The Morgan fingerprint density at radius 1 is 0.964 bits per heavy atom. The topological polar surface area (TPSA) is 181 Å². The molecule has 2 atom stereocenters. The minimum Gasteiger partial charge on any atom is -0.487 e. The van der Waals surface area contributed by atoms with E-state index in [1.165, 1.54) is 27.3 Å². The van der Waals surface area contributed by atoms with Crippen LogP contribution in [0.1, 0.15) is 48.8 Å². The lowest BCUT2D eigenvalue weighted by Crippen LogP contribution is -2.44. The van der Waals surface area contributed by atoms with E-state index < -0.39 is 46.1 Å². The maximum Gasteiger partial charge on any atom is 0.329 e. The lowest BCUT2D eigenvalue weighted by Gasteiger charge is -2.32. The SMILES string of the molecule is Cn1c(=O)n(C2CCC(=O)NC2=O)c2ccc([C@@H]3CCCN(CC(=O)Nc4ccc5c(F)c(N6CC(=O)NS6(=O)=O)c(OCc6ccccc6)cc5c4)C3)cc21. The molecule has 17 heteroatoms. The van der Waals surface area contributed by atoms with Gasteiger partial charge in [-0.2, -0.15) is 8.42 Å². The number of hydrogen-bond donors (Lipinski definition) is 3. The molecule has 1 unspecified atom stereocenters. The molecule has 0 radical (unpaired) electrons. The average Bonchev–Trinajstić information content (AvgIpc) is 3.58. The summed E-state index contributed by atoms with van der Waals surface area (Å²) < 4.78 is 53.2. The maximum atomic E-state index is 16.2. The van der Waals surface area contributed by atoms with Crippen molar-refractivity contribution in [3.05, 3.63) is 100 Å². The van der Waals surface area contributed by atoms with Gasteiger partial charge in [0.05, 0.1) is 17.6 Å². The number of aromatic nitrogens is 2. The second-order valence-electron chi connectivity index (χ2n) is 14.3. The van der Waals surface area contributed by atoms with Crippen LogP contribution in [0.5, 0.6) is 5.75 Å². The van der Waals surface area contributed by atoms with Crippen molar-refractivity contribution in [2.24, 2.45) is 7.05 Å². The summed E-state index contributed by atoms with van der Waals surface area (Å²) in [4.78, 5) is 65.1. The van der Waals surface area contributed by atoms with E-state index in [1.807, 2.05) is 41.1 Å². The van der Waals surface area contributed by atoms with E-state index in [0.29, 0.717) is 39.5 Å². The Balaban J connectivity index is 0.990. The molecular formula is C39H38FN7O8S. The highest BCUT2D eigenvalue weighted by Gasteiger charge is 2.38. The molecule has 5 aromatic rings. The number of nitrogens with zero attached hydrogens (tertiary/aromatic N) is 4. The normalized spacial score (nSPS) is 20.0. The van der Waals surface area contributed by atoms with Crippen LogP contribution in [0.2, 0.25) is 0 Å². The van der Waals surface area contributed by atoms with Crippen LogP contribution >= 0.6 is 0 Å². The van der Waals surface area contributed by atoms with Crippen LogP contribution in [0.4, 0.5) is 15.8 Å². The van der Waals surface area contributed by atoms with Gasteiger partial charge in [0.2, 0.25) is 17.7 Å². The van der Waals surface area contributed by atoms with Gasteiger partial charge in [-0.05, 0) is 84.6 Å². The summed E-state index contributed by atoms with van der Waals surface area (Å²) in [5, 5.41) is 5.64. The lowest BCUT2D eigenvalue weighted by molar-refractivity contribution is -0.135. The summed E-state index contributed by atoms with van der Waals surface area (Å²) in [5.74, 6) is -2.83. The minimum atomic E-state index is -4.35. The van der Waals surface area contributed by atoms with Gasteiger partial charge in [0.25, 0.3) is 5.91 Å². The molecule has 290 valence electrons. The summed E-state index contributed by atoms with van der Waals surface area (Å²) >= 11 is 0. The second kappa shape index (κ2) is 14.5. The highest BCUT2D eigenvalue weighted by atomic mass is 32.2. The van der Waals surface area contributed by atoms with Gasteiger partial charge in [-0.15, -0.1) is 0 Å². The summed E-state index contributed by atoms with van der Waals surface area (Å²) in [6.07, 6.45) is 2.12. The van der Waals surface area contributed by atoms with Crippen LogP contribution in [0, 0.1) is 5.82 Å². The van der Waals surface area contributed by atoms with E-state index in [0.717, 1.165) is 24.0 Å². The Bertz CT molecular complexity index is 2610. The Labute approximate surface area is 320 Å². The van der Waals surface area contributed by atoms with Crippen molar-refractivity contribution < 1.29 is 36.7 Å². The van der Waals surface area contributed by atoms with Crippen molar-refractivity contribution in [1.29, 1.82) is 0 Å². The van der Waals surface area contributed by atoms with Gasteiger partial charge in [0, 0.05) is 31.1 Å². The molecule has 0 bridgehead atoms. The number of aryl methyl sites for hydroxylation is 1. The molecule has 3 N–H and O–H groups in total. The highest BCUT2D eigenvalue weighted by Crippen LogP contribution is 2.40. The monoisotopic (exact) mass is 783 g/mol. The highest BCUT2D eigenvalue weighted by molar-refractivity contribution is 7.92. The third kappa shape index (κ3) is 6.99. The number of carbonyl (C=O) groups is 4. The molecule has 4 amide bonds. The molecule has 4 aromatic carbocycles. The van der Waals surface area contributed by atoms with E-state index >= 15 is 4.39 Å². The van der Waals surface area contributed by atoms with Crippen LogP contribution < -0.4 is 30.1 Å². The maximum absolute atomic E-state index is 16.2. The molecule has 3 saturated heterocycles. The van der Waals surface area contributed by atoms with Gasteiger partial charge in [0.15, 0.2) is 5.82 Å². The number of ether oxygens (including phenoxy) is 1. The lowest BCUT2D eigenvalue weighted by atomic mass is 9.90. The summed E-state index contributed by atoms with van der Waals surface area (Å²) in [6.45, 7) is 0.771. The first-order valence-electron chi connectivity index (χ1n) is 18.2. The molecule has 3 aliphatic rings. The number of imidazole rings is 1. The van der Waals surface area contributed by atoms with Crippen LogP contribution in [-0.2, 0) is 43.0 Å². The van der Waals surface area contributed by atoms with Gasteiger partial charge >= 0.3 is 15.9 Å². The van der Waals surface area contributed by atoms with Crippen molar-refractivity contribution in [3.63, 3.8) is 0 Å². The Morgan fingerprint density at radius 3 is 2.52 bits per heavy atom. The number of anilines is 2. The number of imide groups is 1. The molecule has 56 heavy (non-hydrogen) atoms. The zero-order valence-corrected chi connectivity index (χ0v) is 31.1. The quantitative estimate of drug-likeness (QED) is 0.189. The zero-order valence-electron chi connectivity index (χ0n) is 30.3. The average molecular weight is 784 g/mol. The zero-order chi connectivity index (χ0) is 39.3. The fraction of sp³-hybridized carbons (Fsp3) is 0.308. The number of amides is 4. The molecule has 8 rings (SSSR count). The van der Waals surface area contributed by atoms with E-state index in [2.05, 4.69) is 15.5 Å². The third-order valence-corrected chi connectivity index (χ3v) is 12.0. The first kappa shape index (κ1) is 36.9. The summed E-state index contributed by atoms with van der Waals surface area (Å²) in [6, 6.07) is 20.1. The van der Waals surface area contributed by atoms with Crippen LogP contribution in [-0.4, -0.2) is 72.3 Å². The van der Waals surface area contributed by atoms with E-state index in [9.17, 15) is 32.4 Å². The van der Waals surface area contributed by atoms with E-state index in [4.69, 9.17) is 4.74 Å². The molecule has 15 nitrogen and oxygen atoms in total. The van der Waals surface area contributed by atoms with Crippen LogP contribution in [0.3, 0.4) is 0 Å². The van der Waals surface area contributed by atoms with Gasteiger partial charge in [0.1, 0.15) is 30.6 Å². The Hall–Kier alpha value is -6.07. The molecular weight excluding hydrogens is 746 g/mol. The molecule has 3 aliphatic heterocycles. The number of nitrogens with one attached hydrogen (secondary N) is 3. The van der Waals surface area contributed by atoms with Gasteiger partial charge in [-0.1, -0.05) is 36.4 Å². The Morgan fingerprint density at radius 2 is 1.77 bits per heavy atom. The molecule has 0 saturated carbocycles. The van der Waals surface area contributed by atoms with Crippen molar-refractivity contribution in [3.8, 4) is 5.75 Å². The first-order valence-corrected chi connectivity index (χ1v) is 19.6. The van der Waals surface area contributed by atoms with E-state index in [-0.39, 0.29) is 60.6 Å². The van der Waals surface area contributed by atoms with Crippen LogP contribution in [0.15, 0.2) is 77.6 Å². The summed E-state index contributed by atoms with van der Waals surface area (Å²) in [7, 11) is -2.69. The van der Waals surface area contributed by atoms with E-state index in [1.54, 1.807) is 25.2 Å². The number of piperidine rings is 2. The fourth-order valence-electron chi connectivity index (χ4n) is 7.87. The van der Waals surface area contributed by atoms with Gasteiger partial charge in [-0.25, -0.2) is 18.2 Å². The number of carbonyl (C=O) groups excluding carboxylic acids is 4. The largest absolute Gasteiger partial charge is 0.487 e. The smallest absolute Gasteiger partial charge is 0.329 e. The second-order valence-corrected chi connectivity index (χ2v) is 15.9. The van der Waals surface area contributed by atoms with Crippen molar-refractivity contribution in [1.82, 2.24) is 24.1 Å². The standard InChI is InChI=1S/C39H38FN7O8S/c1-44-31-17-24(9-12-29(31)47(39(44)52)30-13-14-33(48)42-38(30)51)25-8-5-15-45(19-25)20-34(49)41-27-10-11-28-26(16-27)18-32(55-22-23-6-3-2-4-7-23)37(36(28)40)46-21-35(50)43-56(46,53)54/h2-4,6-7,9-12,16-18,25,30H,5,8,13-15,19-22H2,1H3,(H,41,49)(H,43,50)(H,42,48,51)/t25-,30?/m1/s1. The minimum absolute atomic E-state index is 0.00237. The molecule has 1 aromatic heterocycles. The first-order chi connectivity index (χ1) is 26.9. The molecule has 3 fully saturated rings. The molecule has 4 heterocycles. The molecule has 0 aliphatic carbocycles. The Kier molecular flexibility index (Phi) is 9.58. The number of halogens is 1. The van der Waals surface area contributed by atoms with Gasteiger partial charge < -0.3 is 10.1 Å². The fourth-order valence-corrected chi connectivity index (χ4v) is 9.03. The van der Waals surface area contributed by atoms with Crippen molar-refractivity contribution >= 4 is 67.0 Å². The predicted molar refractivity (Wildman–Crippen MR) is 205 cm³/mol. The van der Waals surface area contributed by atoms with Crippen LogP contribution in [0.25, 0.3) is 21.8 Å². The van der Waals surface area contributed by atoms with Gasteiger partial charge in [-0.3, -0.25) is 38.5 Å². The van der Waals surface area contributed by atoms with Crippen molar-refractivity contribution in [2.45, 2.75) is 44.2 Å².